The largest absolute Gasteiger partial charge is 0.497 e. The van der Waals surface area contributed by atoms with Crippen molar-refractivity contribution < 1.29 is 18.7 Å². The SMILES string of the molecule is CCOC1CC(N)(c2nc(COCc3cccc(OC)c3)no2)C1(C)C. The molecule has 1 aromatic heterocycles. The van der Waals surface area contributed by atoms with Gasteiger partial charge in [-0.2, -0.15) is 4.98 Å². The number of hydrogen-bond acceptors (Lipinski definition) is 7. The molecule has 7 heteroatoms. The van der Waals surface area contributed by atoms with Gasteiger partial charge in [0.05, 0.1) is 19.8 Å². The van der Waals surface area contributed by atoms with Crippen molar-refractivity contribution in [3.05, 3.63) is 41.5 Å². The van der Waals surface area contributed by atoms with E-state index in [9.17, 15) is 0 Å². The molecular weight excluding hydrogens is 334 g/mol. The Morgan fingerprint density at radius 3 is 2.81 bits per heavy atom. The second kappa shape index (κ2) is 7.34. The number of hydrogen-bond donors (Lipinski definition) is 1. The first-order chi connectivity index (χ1) is 12.4. The summed E-state index contributed by atoms with van der Waals surface area (Å²) in [6, 6.07) is 7.73. The average Bonchev–Trinajstić information content (AvgIpc) is 3.11. The van der Waals surface area contributed by atoms with Gasteiger partial charge in [0, 0.05) is 18.4 Å². The predicted octanol–water partition coefficient (Wildman–Crippen LogP) is 2.78. The van der Waals surface area contributed by atoms with Gasteiger partial charge in [-0.1, -0.05) is 31.1 Å². The molecule has 0 amide bonds. The summed E-state index contributed by atoms with van der Waals surface area (Å²) in [7, 11) is 1.64. The lowest BCUT2D eigenvalue weighted by Crippen LogP contribution is -2.67. The molecule has 142 valence electrons. The summed E-state index contributed by atoms with van der Waals surface area (Å²) in [6.07, 6.45) is 0.761. The van der Waals surface area contributed by atoms with Crippen LogP contribution in [0.1, 0.15) is 44.5 Å². The average molecular weight is 361 g/mol. The summed E-state index contributed by atoms with van der Waals surface area (Å²) >= 11 is 0. The van der Waals surface area contributed by atoms with E-state index < -0.39 is 5.54 Å². The van der Waals surface area contributed by atoms with Crippen molar-refractivity contribution in [2.24, 2.45) is 11.1 Å². The van der Waals surface area contributed by atoms with Gasteiger partial charge >= 0.3 is 0 Å². The van der Waals surface area contributed by atoms with Crippen molar-refractivity contribution in [2.75, 3.05) is 13.7 Å². The smallest absolute Gasteiger partial charge is 0.247 e. The third-order valence-electron chi connectivity index (χ3n) is 5.31. The monoisotopic (exact) mass is 361 g/mol. The van der Waals surface area contributed by atoms with E-state index in [1.807, 2.05) is 31.2 Å². The normalized spacial score (nSPS) is 24.3. The molecule has 0 aliphatic heterocycles. The van der Waals surface area contributed by atoms with E-state index in [1.54, 1.807) is 7.11 Å². The van der Waals surface area contributed by atoms with Gasteiger partial charge in [0.1, 0.15) is 17.9 Å². The Kier molecular flexibility index (Phi) is 5.32. The Bertz CT molecular complexity index is 746. The Balaban J connectivity index is 1.58. The molecular formula is C19H27N3O4. The van der Waals surface area contributed by atoms with E-state index >= 15 is 0 Å². The molecule has 1 heterocycles. The zero-order chi connectivity index (χ0) is 18.8. The zero-order valence-electron chi connectivity index (χ0n) is 15.8. The minimum atomic E-state index is -0.676. The van der Waals surface area contributed by atoms with Crippen molar-refractivity contribution in [1.82, 2.24) is 10.1 Å². The number of methoxy groups -OCH3 is 1. The number of nitrogens with zero attached hydrogens (tertiary/aromatic N) is 2. The fraction of sp³-hybridized carbons (Fsp3) is 0.579. The van der Waals surface area contributed by atoms with Gasteiger partial charge < -0.3 is 24.5 Å². The third kappa shape index (κ3) is 3.34. The topological polar surface area (TPSA) is 92.6 Å². The molecule has 2 N–H and O–H groups in total. The number of nitrogens with two attached hydrogens (primary N) is 1. The van der Waals surface area contributed by atoms with Crippen LogP contribution < -0.4 is 10.5 Å². The first-order valence-electron chi connectivity index (χ1n) is 8.85. The van der Waals surface area contributed by atoms with E-state index in [0.717, 1.165) is 11.3 Å². The summed E-state index contributed by atoms with van der Waals surface area (Å²) < 4.78 is 22.1. The van der Waals surface area contributed by atoms with E-state index in [2.05, 4.69) is 24.0 Å². The second-order valence-corrected chi connectivity index (χ2v) is 7.20. The van der Waals surface area contributed by atoms with Gasteiger partial charge in [0.25, 0.3) is 0 Å². The lowest BCUT2D eigenvalue weighted by atomic mass is 9.54. The van der Waals surface area contributed by atoms with Gasteiger partial charge in [-0.3, -0.25) is 0 Å². The maximum atomic E-state index is 6.56. The van der Waals surface area contributed by atoms with Crippen LogP contribution in [-0.4, -0.2) is 30.0 Å². The lowest BCUT2D eigenvalue weighted by Gasteiger charge is -2.56. The molecule has 2 atom stereocenters. The first-order valence-corrected chi connectivity index (χ1v) is 8.85. The Morgan fingerprint density at radius 1 is 1.31 bits per heavy atom. The summed E-state index contributed by atoms with van der Waals surface area (Å²) in [5.74, 6) is 1.73. The van der Waals surface area contributed by atoms with Crippen LogP contribution in [0.4, 0.5) is 0 Å². The van der Waals surface area contributed by atoms with Crippen LogP contribution in [0, 0.1) is 5.41 Å². The van der Waals surface area contributed by atoms with Crippen LogP contribution in [0.2, 0.25) is 0 Å². The molecule has 2 unspecified atom stereocenters. The highest BCUT2D eigenvalue weighted by molar-refractivity contribution is 5.27. The Morgan fingerprint density at radius 2 is 2.12 bits per heavy atom. The highest BCUT2D eigenvalue weighted by Gasteiger charge is 2.62. The third-order valence-corrected chi connectivity index (χ3v) is 5.31. The molecule has 1 saturated carbocycles. The standard InChI is InChI=1S/C19H27N3O4/c1-5-25-15-10-19(20,18(15,2)3)17-21-16(22-26-17)12-24-11-13-7-6-8-14(9-13)23-4/h6-9,15H,5,10-12,20H2,1-4H3. The maximum Gasteiger partial charge on any atom is 0.247 e. The molecule has 0 radical (unpaired) electrons. The zero-order valence-corrected chi connectivity index (χ0v) is 15.8. The molecule has 0 spiro atoms. The Labute approximate surface area is 153 Å². The van der Waals surface area contributed by atoms with Crippen LogP contribution in [0.5, 0.6) is 5.75 Å². The molecule has 0 bridgehead atoms. The van der Waals surface area contributed by atoms with Crippen molar-refractivity contribution in [1.29, 1.82) is 0 Å². The summed E-state index contributed by atoms with van der Waals surface area (Å²) in [6.45, 7) is 7.48. The highest BCUT2D eigenvalue weighted by Crippen LogP contribution is 2.55. The quantitative estimate of drug-likeness (QED) is 0.773. The van der Waals surface area contributed by atoms with Gasteiger partial charge in [-0.25, -0.2) is 0 Å². The van der Waals surface area contributed by atoms with E-state index in [-0.39, 0.29) is 18.1 Å². The van der Waals surface area contributed by atoms with Gasteiger partial charge in [0.2, 0.25) is 5.89 Å². The van der Waals surface area contributed by atoms with Crippen LogP contribution in [0.3, 0.4) is 0 Å². The summed E-state index contributed by atoms with van der Waals surface area (Å²) in [4.78, 5) is 4.45. The molecule has 1 aliphatic rings. The molecule has 26 heavy (non-hydrogen) atoms. The van der Waals surface area contributed by atoms with Crippen molar-refractivity contribution in [3.63, 3.8) is 0 Å². The van der Waals surface area contributed by atoms with Crippen LogP contribution in [0.15, 0.2) is 28.8 Å². The molecule has 3 rings (SSSR count). The predicted molar refractivity (Wildman–Crippen MR) is 95.5 cm³/mol. The summed E-state index contributed by atoms with van der Waals surface area (Å²) in [5, 5.41) is 4.01. The number of benzene rings is 1. The second-order valence-electron chi connectivity index (χ2n) is 7.20. The fourth-order valence-electron chi connectivity index (χ4n) is 3.31. The molecule has 7 nitrogen and oxygen atoms in total. The van der Waals surface area contributed by atoms with E-state index in [4.69, 9.17) is 24.5 Å². The van der Waals surface area contributed by atoms with Crippen LogP contribution in [-0.2, 0) is 28.2 Å². The Hall–Kier alpha value is -1.96. The van der Waals surface area contributed by atoms with Gasteiger partial charge in [-0.15, -0.1) is 0 Å². The van der Waals surface area contributed by atoms with Crippen LogP contribution >= 0.6 is 0 Å². The van der Waals surface area contributed by atoms with Crippen molar-refractivity contribution in [3.8, 4) is 5.75 Å². The highest BCUT2D eigenvalue weighted by atomic mass is 16.5. The molecule has 0 saturated heterocycles. The van der Waals surface area contributed by atoms with E-state index in [1.165, 1.54) is 0 Å². The van der Waals surface area contributed by atoms with Gasteiger partial charge in [-0.05, 0) is 24.6 Å². The van der Waals surface area contributed by atoms with Crippen molar-refractivity contribution >= 4 is 0 Å². The summed E-state index contributed by atoms with van der Waals surface area (Å²) in [5.41, 5.74) is 6.63. The minimum absolute atomic E-state index is 0.0946. The van der Waals surface area contributed by atoms with Crippen LogP contribution in [0.25, 0.3) is 0 Å². The molecule has 1 aromatic carbocycles. The van der Waals surface area contributed by atoms with Crippen molar-refractivity contribution in [2.45, 2.75) is 52.0 Å². The fourth-order valence-corrected chi connectivity index (χ4v) is 3.31. The van der Waals surface area contributed by atoms with Gasteiger partial charge in [0.15, 0.2) is 5.82 Å². The lowest BCUT2D eigenvalue weighted by molar-refractivity contribution is -0.162. The number of ether oxygens (including phenoxy) is 3. The molecule has 1 fully saturated rings. The minimum Gasteiger partial charge on any atom is -0.497 e. The molecule has 1 aliphatic carbocycles. The maximum absolute atomic E-state index is 6.56. The number of aromatic nitrogens is 2. The van der Waals surface area contributed by atoms with E-state index in [0.29, 0.717) is 31.3 Å². The molecule has 2 aromatic rings. The first kappa shape index (κ1) is 18.8. The number of rotatable bonds is 8.